The van der Waals surface area contributed by atoms with E-state index in [0.717, 1.165) is 6.08 Å². The topological polar surface area (TPSA) is 176 Å². The zero-order valence-corrected chi connectivity index (χ0v) is 30.4. The summed E-state index contributed by atoms with van der Waals surface area (Å²) in [5.41, 5.74) is 6.41. The molecule has 6 atom stereocenters. The van der Waals surface area contributed by atoms with Crippen LogP contribution in [0.5, 0.6) is 0 Å². The van der Waals surface area contributed by atoms with Crippen LogP contribution in [-0.2, 0) is 38.1 Å². The second-order valence-electron chi connectivity index (χ2n) is 12.3. The number of likely N-dealkylation sites (N-methyl/N-ethyl adjacent to an activating group) is 1. The number of ether oxygens (including phenoxy) is 4. The van der Waals surface area contributed by atoms with E-state index >= 15 is 0 Å². The highest BCUT2D eigenvalue weighted by atomic mass is 35.5. The van der Waals surface area contributed by atoms with Gasteiger partial charge in [0.05, 0.1) is 24.0 Å². The quantitative estimate of drug-likeness (QED) is 0.183. The van der Waals surface area contributed by atoms with E-state index in [1.807, 2.05) is 13.8 Å². The Labute approximate surface area is 295 Å². The smallest absolute Gasteiger partial charge is 0.405 e. The van der Waals surface area contributed by atoms with Crippen molar-refractivity contribution in [2.24, 2.45) is 17.6 Å². The second kappa shape index (κ2) is 20.5. The lowest BCUT2D eigenvalue weighted by Crippen LogP contribution is -2.41. The highest BCUT2D eigenvalue weighted by molar-refractivity contribution is 6.23. The number of Topliss-reactive ketones (excluding diaryl/α,β-unsaturated/α-hetero) is 1. The number of primary amides is 1. The zero-order valence-electron chi connectivity index (χ0n) is 29.6. The molecule has 0 aromatic carbocycles. The van der Waals surface area contributed by atoms with E-state index in [9.17, 15) is 24.0 Å². The Hall–Kier alpha value is -4.04. The third-order valence-electron chi connectivity index (χ3n) is 7.89. The molecule has 0 unspecified atom stereocenters. The van der Waals surface area contributed by atoms with Gasteiger partial charge in [0, 0.05) is 43.9 Å². The number of rotatable bonds is 9. The summed E-state index contributed by atoms with van der Waals surface area (Å²) in [6, 6.07) is 0. The molecule has 0 saturated carbocycles. The van der Waals surface area contributed by atoms with E-state index in [-0.39, 0.29) is 60.4 Å². The van der Waals surface area contributed by atoms with Gasteiger partial charge in [-0.1, -0.05) is 44.2 Å². The molecular formula is C35H51ClN4O9. The van der Waals surface area contributed by atoms with E-state index in [4.69, 9.17) is 24.7 Å². The number of carbonyl (C=O) groups excluding carboxylic acids is 5. The maximum atomic E-state index is 13.8. The number of esters is 1. The van der Waals surface area contributed by atoms with Gasteiger partial charge < -0.3 is 35.3 Å². The largest absolute Gasteiger partial charge is 0.458 e. The van der Waals surface area contributed by atoms with Crippen molar-refractivity contribution in [3.8, 4) is 0 Å². The van der Waals surface area contributed by atoms with Crippen molar-refractivity contribution < 1.29 is 42.9 Å². The first-order valence-corrected chi connectivity index (χ1v) is 15.7. The molecule has 0 spiro atoms. The molecule has 0 fully saturated rings. The number of carbonyl (C=O) groups is 5. The summed E-state index contributed by atoms with van der Waals surface area (Å²) in [6.07, 6.45) is 5.32. The van der Waals surface area contributed by atoms with Crippen LogP contribution in [0.15, 0.2) is 71.1 Å². The van der Waals surface area contributed by atoms with Crippen molar-refractivity contribution in [2.45, 2.75) is 65.0 Å². The maximum absolute atomic E-state index is 13.8. The van der Waals surface area contributed by atoms with Crippen molar-refractivity contribution in [2.75, 3.05) is 41.4 Å². The molecule has 13 nitrogen and oxygen atoms in total. The summed E-state index contributed by atoms with van der Waals surface area (Å²) < 4.78 is 23.0. The summed E-state index contributed by atoms with van der Waals surface area (Å²) >= 11 is 0. The highest BCUT2D eigenvalue weighted by Gasteiger charge is 2.35. The molecule has 4 N–H and O–H groups in total. The molecule has 49 heavy (non-hydrogen) atoms. The minimum Gasteiger partial charge on any atom is -0.458 e. The van der Waals surface area contributed by atoms with Crippen molar-refractivity contribution in [3.05, 3.63) is 71.1 Å². The minimum atomic E-state index is -1.02. The van der Waals surface area contributed by atoms with Gasteiger partial charge in [0.2, 0.25) is 11.6 Å². The predicted molar refractivity (Wildman–Crippen MR) is 187 cm³/mol. The Bertz CT molecular complexity index is 1400. The molecule has 272 valence electrons. The van der Waals surface area contributed by atoms with Crippen LogP contribution in [0.2, 0.25) is 0 Å². The number of nitrogens with zero attached hydrogens (tertiary/aromatic N) is 1. The first-order valence-electron chi connectivity index (χ1n) is 15.7. The zero-order chi connectivity index (χ0) is 36.1. The fourth-order valence-corrected chi connectivity index (χ4v) is 5.57. The van der Waals surface area contributed by atoms with E-state index in [1.165, 1.54) is 20.3 Å². The minimum absolute atomic E-state index is 0. The van der Waals surface area contributed by atoms with Gasteiger partial charge in [-0.15, -0.1) is 19.0 Å². The first-order chi connectivity index (χ1) is 22.6. The molecule has 0 aromatic rings. The summed E-state index contributed by atoms with van der Waals surface area (Å²) in [5.74, 6) is -2.75. The van der Waals surface area contributed by atoms with Crippen molar-refractivity contribution in [3.63, 3.8) is 0 Å². The number of fused-ring (bicyclic) bond motifs is 2. The van der Waals surface area contributed by atoms with Gasteiger partial charge >= 0.3 is 12.1 Å². The molecule has 2 rings (SSSR count). The molecule has 0 radical (unpaired) electrons. The molecule has 0 saturated heterocycles. The predicted octanol–water partition coefficient (Wildman–Crippen LogP) is 3.07. The number of nitrogens with two attached hydrogens (primary N) is 1. The number of halogens is 1. The van der Waals surface area contributed by atoms with Crippen LogP contribution in [0.25, 0.3) is 0 Å². The average Bonchev–Trinajstić information content (AvgIpc) is 3.00. The summed E-state index contributed by atoms with van der Waals surface area (Å²) in [4.78, 5) is 66.7. The Morgan fingerprint density at radius 1 is 1.12 bits per heavy atom. The Kier molecular flexibility index (Phi) is 18.0. The lowest BCUT2D eigenvalue weighted by atomic mass is 9.85. The van der Waals surface area contributed by atoms with Crippen molar-refractivity contribution in [1.29, 1.82) is 0 Å². The van der Waals surface area contributed by atoms with Gasteiger partial charge in [-0.3, -0.25) is 24.1 Å². The number of amides is 2. The van der Waals surface area contributed by atoms with Crippen molar-refractivity contribution in [1.82, 2.24) is 15.5 Å². The molecule has 1 aliphatic heterocycles. The van der Waals surface area contributed by atoms with Gasteiger partial charge in [0.25, 0.3) is 5.91 Å². The number of nitrogens with one attached hydrogen (secondary N) is 2. The van der Waals surface area contributed by atoms with Crippen molar-refractivity contribution >= 4 is 41.9 Å². The van der Waals surface area contributed by atoms with Gasteiger partial charge in [-0.25, -0.2) is 4.79 Å². The molecule has 1 heterocycles. The normalized spacial score (nSPS) is 28.5. The highest BCUT2D eigenvalue weighted by Crippen LogP contribution is 2.30. The molecule has 0 aromatic heterocycles. The van der Waals surface area contributed by atoms with Crippen LogP contribution in [-0.4, -0.2) is 100 Å². The third-order valence-corrected chi connectivity index (χ3v) is 7.89. The molecule has 2 bridgehead atoms. The summed E-state index contributed by atoms with van der Waals surface area (Å²) in [6.45, 7) is 11.0. The molecule has 2 aliphatic rings. The lowest BCUT2D eigenvalue weighted by Gasteiger charge is -2.33. The summed E-state index contributed by atoms with van der Waals surface area (Å²) in [5, 5.41) is 5.56. The van der Waals surface area contributed by atoms with Crippen LogP contribution in [0.4, 0.5) is 4.79 Å². The van der Waals surface area contributed by atoms with Crippen LogP contribution in [0.3, 0.4) is 0 Å². The molecule has 14 heteroatoms. The van der Waals surface area contributed by atoms with E-state index in [2.05, 4.69) is 17.2 Å². The van der Waals surface area contributed by atoms with Gasteiger partial charge in [0.1, 0.15) is 12.2 Å². The van der Waals surface area contributed by atoms with E-state index in [0.29, 0.717) is 12.0 Å². The number of hydrogen-bond donors (Lipinski definition) is 3. The van der Waals surface area contributed by atoms with Crippen LogP contribution in [0.1, 0.15) is 40.5 Å². The first kappa shape index (κ1) is 43.0. The monoisotopic (exact) mass is 706 g/mol. The number of allylic oxidation sites excluding steroid dienone is 4. The molecular weight excluding hydrogens is 656 g/mol. The fraction of sp³-hybridized carbons (Fsp3) is 0.514. The second-order valence-corrected chi connectivity index (χ2v) is 12.3. The van der Waals surface area contributed by atoms with E-state index < -0.39 is 59.9 Å². The molecule has 2 amide bonds. The number of hydrogen-bond acceptors (Lipinski definition) is 11. The van der Waals surface area contributed by atoms with E-state index in [1.54, 1.807) is 57.1 Å². The van der Waals surface area contributed by atoms with Crippen LogP contribution in [0, 0.1) is 11.8 Å². The van der Waals surface area contributed by atoms with Gasteiger partial charge in [0.15, 0.2) is 6.10 Å². The average molecular weight is 707 g/mol. The van der Waals surface area contributed by atoms with Crippen LogP contribution < -0.4 is 16.4 Å². The number of methoxy groups -OCH3 is 2. The SMILES string of the molecule is C=CCNC1=C2C[C@@H](C)C[C@@H](OC)[C@H](OC(=O)CN(C)C)[C@H](C)/C=C(\C)[C@@H](OC(N)=O)[C@@H](OC)/C=C\C=C(/C)C(=O)NC(=CC1=O)C2=O.Cl. The standard InChI is InChI=1S/C35H50N4O9.ClH/c1-10-14-37-30-24-15-20(2)16-28(46-9)33(47-29(41)19-39(6)7)23(5)17-22(4)32(48-35(36)44)27(45-8)13-11-12-21(3)34(43)38-25(31(24)42)18-26(30)40;/h10-13,17-18,20,23,27-28,32-33,37H,1,14-16,19H2,2-9H3,(H2,36,44)(H,38,43);1H/b13-11-,21-12+,22-17+;/t20-,23-,27+,28-,32-,33-;/m1./s1. The molecule has 1 aliphatic carbocycles. The maximum Gasteiger partial charge on any atom is 0.405 e. The summed E-state index contributed by atoms with van der Waals surface area (Å²) in [7, 11) is 6.43. The Morgan fingerprint density at radius 2 is 1.80 bits per heavy atom. The van der Waals surface area contributed by atoms with Gasteiger partial charge in [-0.2, -0.15) is 0 Å². The third kappa shape index (κ3) is 12.7. The van der Waals surface area contributed by atoms with Crippen LogP contribution >= 0.6 is 12.4 Å². The van der Waals surface area contributed by atoms with Gasteiger partial charge in [-0.05, 0) is 52.3 Å². The number of ketones is 2. The fourth-order valence-electron chi connectivity index (χ4n) is 5.57. The Morgan fingerprint density at radius 3 is 2.37 bits per heavy atom. The lowest BCUT2D eigenvalue weighted by molar-refractivity contribution is -0.161. The Balaban J connectivity index is 0.0000120.